The van der Waals surface area contributed by atoms with Crippen molar-refractivity contribution in [2.45, 2.75) is 38.1 Å². The molecule has 1 aliphatic heterocycles. The first-order chi connectivity index (χ1) is 11.5. The summed E-state index contributed by atoms with van der Waals surface area (Å²) in [5.74, 6) is 0.111. The smallest absolute Gasteiger partial charge is 0.223 e. The van der Waals surface area contributed by atoms with Gasteiger partial charge in [-0.25, -0.2) is 0 Å². The SMILES string of the molecule is C=CCN(CC=C)C(=O)CCC1(c2ccc(C)cc2)CCC(=O)N1. The van der Waals surface area contributed by atoms with Gasteiger partial charge >= 0.3 is 0 Å². The predicted molar refractivity (Wildman–Crippen MR) is 96.4 cm³/mol. The number of nitrogens with zero attached hydrogens (tertiary/aromatic N) is 1. The normalized spacial score (nSPS) is 19.6. The van der Waals surface area contributed by atoms with Crippen LogP contribution in [0.1, 0.15) is 36.8 Å². The van der Waals surface area contributed by atoms with E-state index in [9.17, 15) is 9.59 Å². The fraction of sp³-hybridized carbons (Fsp3) is 0.400. The van der Waals surface area contributed by atoms with Crippen molar-refractivity contribution in [3.63, 3.8) is 0 Å². The van der Waals surface area contributed by atoms with Crippen molar-refractivity contribution in [1.82, 2.24) is 10.2 Å². The zero-order valence-electron chi connectivity index (χ0n) is 14.4. The second-order valence-corrected chi connectivity index (χ2v) is 6.37. The van der Waals surface area contributed by atoms with Gasteiger partial charge in [-0.1, -0.05) is 42.0 Å². The molecule has 24 heavy (non-hydrogen) atoms. The van der Waals surface area contributed by atoms with Gasteiger partial charge in [-0.15, -0.1) is 13.2 Å². The van der Waals surface area contributed by atoms with Crippen LogP contribution < -0.4 is 5.32 Å². The van der Waals surface area contributed by atoms with E-state index in [1.165, 1.54) is 5.56 Å². The second-order valence-electron chi connectivity index (χ2n) is 6.37. The van der Waals surface area contributed by atoms with E-state index in [0.717, 1.165) is 12.0 Å². The molecule has 0 radical (unpaired) electrons. The highest BCUT2D eigenvalue weighted by molar-refractivity contribution is 5.80. The van der Waals surface area contributed by atoms with Crippen LogP contribution in [0.3, 0.4) is 0 Å². The third-order valence-corrected chi connectivity index (χ3v) is 4.58. The van der Waals surface area contributed by atoms with Gasteiger partial charge in [0.15, 0.2) is 0 Å². The van der Waals surface area contributed by atoms with Gasteiger partial charge in [0.25, 0.3) is 0 Å². The van der Waals surface area contributed by atoms with E-state index in [1.807, 2.05) is 19.1 Å². The Morgan fingerprint density at radius 2 is 1.88 bits per heavy atom. The number of hydrogen-bond acceptors (Lipinski definition) is 2. The van der Waals surface area contributed by atoms with E-state index in [2.05, 4.69) is 30.6 Å². The number of hydrogen-bond donors (Lipinski definition) is 1. The van der Waals surface area contributed by atoms with Crippen molar-refractivity contribution >= 4 is 11.8 Å². The molecule has 1 fully saturated rings. The molecule has 0 aromatic heterocycles. The summed E-state index contributed by atoms with van der Waals surface area (Å²) >= 11 is 0. The van der Waals surface area contributed by atoms with Crippen LogP contribution in [-0.4, -0.2) is 29.8 Å². The Bertz CT molecular complexity index is 611. The fourth-order valence-electron chi connectivity index (χ4n) is 3.21. The Balaban J connectivity index is 2.13. The van der Waals surface area contributed by atoms with Gasteiger partial charge in [0, 0.05) is 25.9 Å². The largest absolute Gasteiger partial charge is 0.347 e. The maximum atomic E-state index is 12.5. The van der Waals surface area contributed by atoms with Crippen molar-refractivity contribution in [1.29, 1.82) is 0 Å². The first-order valence-electron chi connectivity index (χ1n) is 8.38. The summed E-state index contributed by atoms with van der Waals surface area (Å²) in [6.07, 6.45) is 5.65. The van der Waals surface area contributed by atoms with Gasteiger partial charge in [0.1, 0.15) is 0 Å². The molecule has 1 aromatic carbocycles. The van der Waals surface area contributed by atoms with Crippen LogP contribution in [-0.2, 0) is 15.1 Å². The lowest BCUT2D eigenvalue weighted by atomic mass is 9.83. The van der Waals surface area contributed by atoms with Crippen molar-refractivity contribution in [3.05, 3.63) is 60.7 Å². The number of carbonyl (C=O) groups excluding carboxylic acids is 2. The molecule has 4 nitrogen and oxygen atoms in total. The average Bonchev–Trinajstić information content (AvgIpc) is 2.95. The van der Waals surface area contributed by atoms with Crippen LogP contribution in [0.4, 0.5) is 0 Å². The highest BCUT2D eigenvalue weighted by Crippen LogP contribution is 2.36. The van der Waals surface area contributed by atoms with Crippen LogP contribution in [0, 0.1) is 6.92 Å². The Hall–Kier alpha value is -2.36. The van der Waals surface area contributed by atoms with E-state index < -0.39 is 5.54 Å². The first kappa shape index (κ1) is 18.0. The predicted octanol–water partition coefficient (Wildman–Crippen LogP) is 3.08. The van der Waals surface area contributed by atoms with Gasteiger partial charge < -0.3 is 10.2 Å². The summed E-state index contributed by atoms with van der Waals surface area (Å²) in [7, 11) is 0. The molecule has 1 atom stereocenters. The average molecular weight is 326 g/mol. The number of amides is 2. The molecule has 1 unspecified atom stereocenters. The molecule has 2 rings (SSSR count). The van der Waals surface area contributed by atoms with Gasteiger partial charge in [-0.3, -0.25) is 9.59 Å². The maximum Gasteiger partial charge on any atom is 0.223 e. The van der Waals surface area contributed by atoms with E-state index in [0.29, 0.717) is 32.4 Å². The van der Waals surface area contributed by atoms with Gasteiger partial charge in [0.2, 0.25) is 11.8 Å². The molecular formula is C20H26N2O2. The number of benzene rings is 1. The van der Waals surface area contributed by atoms with Crippen molar-refractivity contribution in [2.75, 3.05) is 13.1 Å². The number of nitrogens with one attached hydrogen (secondary N) is 1. The molecule has 1 aliphatic rings. The molecular weight excluding hydrogens is 300 g/mol. The molecule has 0 saturated carbocycles. The van der Waals surface area contributed by atoms with E-state index in [-0.39, 0.29) is 11.8 Å². The van der Waals surface area contributed by atoms with Crippen molar-refractivity contribution < 1.29 is 9.59 Å². The maximum absolute atomic E-state index is 12.5. The highest BCUT2D eigenvalue weighted by Gasteiger charge is 2.39. The lowest BCUT2D eigenvalue weighted by Gasteiger charge is -2.31. The molecule has 2 amide bonds. The summed E-state index contributed by atoms with van der Waals surface area (Å²) in [5.41, 5.74) is 1.82. The molecule has 128 valence electrons. The third-order valence-electron chi connectivity index (χ3n) is 4.58. The highest BCUT2D eigenvalue weighted by atomic mass is 16.2. The standard InChI is InChI=1S/C20H26N2O2/c1-4-14-22(15-5-2)19(24)11-13-20(12-10-18(23)21-20)17-8-6-16(3)7-9-17/h4-9H,1-2,10-15H2,3H3,(H,21,23). The van der Waals surface area contributed by atoms with Gasteiger partial charge in [0.05, 0.1) is 5.54 Å². The lowest BCUT2D eigenvalue weighted by molar-refractivity contribution is -0.131. The lowest BCUT2D eigenvalue weighted by Crippen LogP contribution is -2.40. The molecule has 0 aliphatic carbocycles. The quantitative estimate of drug-likeness (QED) is 0.746. The monoisotopic (exact) mass is 326 g/mol. The van der Waals surface area contributed by atoms with E-state index >= 15 is 0 Å². The molecule has 1 saturated heterocycles. The third kappa shape index (κ3) is 4.13. The van der Waals surface area contributed by atoms with Crippen LogP contribution in [0.25, 0.3) is 0 Å². The Kier molecular flexibility index (Phi) is 5.96. The van der Waals surface area contributed by atoms with Crippen molar-refractivity contribution in [3.8, 4) is 0 Å². The molecule has 0 spiro atoms. The van der Waals surface area contributed by atoms with Gasteiger partial charge in [-0.05, 0) is 25.3 Å². The Morgan fingerprint density at radius 3 is 2.38 bits per heavy atom. The minimum atomic E-state index is -0.436. The van der Waals surface area contributed by atoms with E-state index in [4.69, 9.17) is 0 Å². The minimum Gasteiger partial charge on any atom is -0.347 e. The van der Waals surface area contributed by atoms with E-state index in [1.54, 1.807) is 17.1 Å². The molecule has 1 N–H and O–H groups in total. The van der Waals surface area contributed by atoms with Crippen LogP contribution in [0.2, 0.25) is 0 Å². The zero-order valence-corrected chi connectivity index (χ0v) is 14.4. The molecule has 0 bridgehead atoms. The van der Waals surface area contributed by atoms with Gasteiger partial charge in [-0.2, -0.15) is 0 Å². The minimum absolute atomic E-state index is 0.0528. The summed E-state index contributed by atoms with van der Waals surface area (Å²) in [6, 6.07) is 8.20. The topological polar surface area (TPSA) is 49.4 Å². The Labute approximate surface area is 144 Å². The first-order valence-corrected chi connectivity index (χ1v) is 8.38. The van der Waals surface area contributed by atoms with Crippen molar-refractivity contribution in [2.24, 2.45) is 0 Å². The van der Waals surface area contributed by atoms with Crippen LogP contribution in [0.15, 0.2) is 49.6 Å². The molecule has 1 aromatic rings. The summed E-state index contributed by atoms with van der Waals surface area (Å²) in [4.78, 5) is 26.1. The number of rotatable bonds is 8. The second kappa shape index (κ2) is 7.95. The summed E-state index contributed by atoms with van der Waals surface area (Å²) in [5, 5.41) is 3.11. The fourth-order valence-corrected chi connectivity index (χ4v) is 3.21. The number of carbonyl (C=O) groups is 2. The Morgan fingerprint density at radius 1 is 1.25 bits per heavy atom. The molecule has 4 heteroatoms. The summed E-state index contributed by atoms with van der Waals surface area (Å²) in [6.45, 7) is 10.4. The zero-order chi connectivity index (χ0) is 17.6. The number of aryl methyl sites for hydroxylation is 1. The molecule has 1 heterocycles. The van der Waals surface area contributed by atoms with Crippen LogP contribution >= 0.6 is 0 Å². The summed E-state index contributed by atoms with van der Waals surface area (Å²) < 4.78 is 0. The van der Waals surface area contributed by atoms with Crippen LogP contribution in [0.5, 0.6) is 0 Å².